The molecule has 1 aliphatic rings. The molecule has 0 N–H and O–H groups in total. The van der Waals surface area contributed by atoms with Gasteiger partial charge < -0.3 is 4.90 Å². The Morgan fingerprint density at radius 1 is 1.26 bits per heavy atom. The summed E-state index contributed by atoms with van der Waals surface area (Å²) in [6.45, 7) is 3.83. The van der Waals surface area contributed by atoms with E-state index in [0.29, 0.717) is 22.0 Å². The van der Waals surface area contributed by atoms with Crippen molar-refractivity contribution < 1.29 is 9.18 Å². The number of alkyl halides is 1. The van der Waals surface area contributed by atoms with Crippen molar-refractivity contribution in [3.63, 3.8) is 0 Å². The summed E-state index contributed by atoms with van der Waals surface area (Å²) in [6.07, 6.45) is -0.410. The first-order valence-electron chi connectivity index (χ1n) is 7.11. The Hall–Kier alpha value is -2.46. The Kier molecular flexibility index (Phi) is 4.26. The molecule has 0 bridgehead atoms. The summed E-state index contributed by atoms with van der Waals surface area (Å²) < 4.78 is 14.4. The summed E-state index contributed by atoms with van der Waals surface area (Å²) in [5, 5.41) is 0.496. The summed E-state index contributed by atoms with van der Waals surface area (Å²) >= 11 is 6.11. The lowest BCUT2D eigenvalue weighted by molar-refractivity contribution is -0.122. The van der Waals surface area contributed by atoms with Crippen molar-refractivity contribution in [3.8, 4) is 0 Å². The Labute approximate surface area is 138 Å². The Morgan fingerprint density at radius 2 is 2.00 bits per heavy atom. The first-order valence-corrected chi connectivity index (χ1v) is 7.49. The topological polar surface area (TPSA) is 32.7 Å². The average Bonchev–Trinajstić information content (AvgIpc) is 2.66. The first-order chi connectivity index (χ1) is 11.1. The van der Waals surface area contributed by atoms with Gasteiger partial charge in [0.15, 0.2) is 0 Å². The van der Waals surface area contributed by atoms with Gasteiger partial charge in [-0.25, -0.2) is 9.38 Å². The molecular weight excluding hydrogens is 315 g/mol. The number of hydrogen-bond acceptors (Lipinski definition) is 2. The minimum absolute atomic E-state index is 0.200. The molecular formula is C18H14ClFN2O. The van der Waals surface area contributed by atoms with E-state index >= 15 is 0 Å². The monoisotopic (exact) mass is 328 g/mol. The molecule has 0 aromatic heterocycles. The molecule has 0 saturated carbocycles. The van der Waals surface area contributed by atoms with Gasteiger partial charge in [0.1, 0.15) is 0 Å². The van der Waals surface area contributed by atoms with E-state index in [0.717, 1.165) is 5.56 Å². The number of amides is 1. The molecule has 3 nitrogen and oxygen atoms in total. The fraction of sp³-hybridized carbons (Fsp3) is 0.111. The van der Waals surface area contributed by atoms with E-state index in [1.807, 2.05) is 30.3 Å². The average molecular weight is 329 g/mol. The molecule has 5 heteroatoms. The normalized spacial score (nSPS) is 17.3. The van der Waals surface area contributed by atoms with Crippen LogP contribution < -0.4 is 4.90 Å². The highest BCUT2D eigenvalue weighted by Crippen LogP contribution is 2.31. The third-order valence-electron chi connectivity index (χ3n) is 3.58. The molecule has 2 aromatic rings. The standard InChI is InChI=1S/C18H14ClFN2O/c1-2-10-22-15-9-8-13(19)11-14(15)16(21-17(20)18(22)23)12-6-4-3-5-7-12/h2-9,11,17H,1,10H2. The lowest BCUT2D eigenvalue weighted by Crippen LogP contribution is -2.36. The van der Waals surface area contributed by atoms with Gasteiger partial charge in [0.2, 0.25) is 0 Å². The van der Waals surface area contributed by atoms with E-state index in [4.69, 9.17) is 11.6 Å². The van der Waals surface area contributed by atoms with Crippen molar-refractivity contribution in [2.45, 2.75) is 6.30 Å². The van der Waals surface area contributed by atoms with Crippen molar-refractivity contribution in [3.05, 3.63) is 77.3 Å². The van der Waals surface area contributed by atoms with Crippen LogP contribution in [0.15, 0.2) is 66.2 Å². The van der Waals surface area contributed by atoms with Gasteiger partial charge in [0.25, 0.3) is 12.2 Å². The highest BCUT2D eigenvalue weighted by atomic mass is 35.5. The fourth-order valence-electron chi connectivity index (χ4n) is 2.56. The molecule has 116 valence electrons. The predicted molar refractivity (Wildman–Crippen MR) is 91.0 cm³/mol. The molecule has 0 fully saturated rings. The van der Waals surface area contributed by atoms with Gasteiger partial charge in [-0.3, -0.25) is 4.79 Å². The molecule has 0 saturated heterocycles. The number of benzene rings is 2. The van der Waals surface area contributed by atoms with E-state index in [9.17, 15) is 9.18 Å². The zero-order valence-corrected chi connectivity index (χ0v) is 13.0. The minimum Gasteiger partial charge on any atom is -0.304 e. The van der Waals surface area contributed by atoms with Gasteiger partial charge in [-0.1, -0.05) is 48.0 Å². The van der Waals surface area contributed by atoms with E-state index in [1.165, 1.54) is 4.90 Å². The van der Waals surface area contributed by atoms with Crippen LogP contribution in [0, 0.1) is 0 Å². The van der Waals surface area contributed by atoms with Gasteiger partial charge in [0.05, 0.1) is 11.4 Å². The Balaban J connectivity index is 2.25. The highest BCUT2D eigenvalue weighted by Gasteiger charge is 2.31. The number of anilines is 1. The maximum atomic E-state index is 14.4. The van der Waals surface area contributed by atoms with Crippen LogP contribution in [0.1, 0.15) is 11.1 Å². The summed E-state index contributed by atoms with van der Waals surface area (Å²) in [4.78, 5) is 17.7. The first kappa shape index (κ1) is 15.4. The molecule has 0 spiro atoms. The number of fused-ring (bicyclic) bond motifs is 1. The quantitative estimate of drug-likeness (QED) is 0.619. The Bertz CT molecular complexity index is 789. The maximum absolute atomic E-state index is 14.4. The van der Waals surface area contributed by atoms with Gasteiger partial charge in [-0.15, -0.1) is 6.58 Å². The van der Waals surface area contributed by atoms with Crippen LogP contribution in [0.2, 0.25) is 5.02 Å². The van der Waals surface area contributed by atoms with Crippen LogP contribution in [-0.2, 0) is 4.79 Å². The molecule has 1 atom stereocenters. The van der Waals surface area contributed by atoms with E-state index in [1.54, 1.807) is 24.3 Å². The fourth-order valence-corrected chi connectivity index (χ4v) is 2.73. The molecule has 1 amide bonds. The van der Waals surface area contributed by atoms with Crippen molar-refractivity contribution in [1.29, 1.82) is 0 Å². The van der Waals surface area contributed by atoms with Crippen molar-refractivity contribution in [1.82, 2.24) is 0 Å². The summed E-state index contributed by atoms with van der Waals surface area (Å²) in [5.74, 6) is -0.709. The largest absolute Gasteiger partial charge is 0.304 e. The number of aliphatic imine (C=N–C) groups is 1. The molecule has 0 aliphatic carbocycles. The minimum atomic E-state index is -1.96. The number of halogens is 2. The molecule has 1 aliphatic heterocycles. The van der Waals surface area contributed by atoms with Crippen LogP contribution in [0.4, 0.5) is 10.1 Å². The third kappa shape index (κ3) is 2.90. The molecule has 0 radical (unpaired) electrons. The maximum Gasteiger partial charge on any atom is 0.284 e. The lowest BCUT2D eigenvalue weighted by atomic mass is 10.00. The molecule has 2 aromatic carbocycles. The zero-order valence-electron chi connectivity index (χ0n) is 12.2. The second kappa shape index (κ2) is 6.34. The smallest absolute Gasteiger partial charge is 0.284 e. The second-order valence-corrected chi connectivity index (χ2v) is 5.51. The van der Waals surface area contributed by atoms with E-state index in [2.05, 4.69) is 11.6 Å². The number of hydrogen-bond donors (Lipinski definition) is 0. The molecule has 3 rings (SSSR count). The Morgan fingerprint density at radius 3 is 2.70 bits per heavy atom. The molecule has 23 heavy (non-hydrogen) atoms. The van der Waals surface area contributed by atoms with Crippen molar-refractivity contribution in [2.24, 2.45) is 4.99 Å². The second-order valence-electron chi connectivity index (χ2n) is 5.08. The number of rotatable bonds is 3. The van der Waals surface area contributed by atoms with E-state index in [-0.39, 0.29) is 6.54 Å². The highest BCUT2D eigenvalue weighted by molar-refractivity contribution is 6.32. The summed E-state index contributed by atoms with van der Waals surface area (Å²) in [7, 11) is 0. The lowest BCUT2D eigenvalue weighted by Gasteiger charge is -2.22. The van der Waals surface area contributed by atoms with Gasteiger partial charge >= 0.3 is 0 Å². The van der Waals surface area contributed by atoms with Crippen LogP contribution >= 0.6 is 11.6 Å². The van der Waals surface area contributed by atoms with Gasteiger partial charge in [-0.05, 0) is 18.2 Å². The van der Waals surface area contributed by atoms with Crippen LogP contribution in [-0.4, -0.2) is 24.5 Å². The number of carbonyl (C=O) groups is 1. The summed E-state index contributed by atoms with van der Waals surface area (Å²) in [5.41, 5.74) is 2.34. The summed E-state index contributed by atoms with van der Waals surface area (Å²) in [6, 6.07) is 14.3. The van der Waals surface area contributed by atoms with Crippen molar-refractivity contribution in [2.75, 3.05) is 11.4 Å². The SMILES string of the molecule is C=CCN1C(=O)C(F)N=C(c2ccccc2)c2cc(Cl)ccc21. The van der Waals surface area contributed by atoms with Crippen LogP contribution in [0.25, 0.3) is 0 Å². The number of carbonyl (C=O) groups excluding carboxylic acids is 1. The number of nitrogens with zero attached hydrogens (tertiary/aromatic N) is 2. The van der Waals surface area contributed by atoms with Crippen LogP contribution in [0.5, 0.6) is 0 Å². The third-order valence-corrected chi connectivity index (χ3v) is 3.81. The van der Waals surface area contributed by atoms with Gasteiger partial charge in [0, 0.05) is 22.7 Å². The molecule has 1 unspecified atom stereocenters. The molecule has 1 heterocycles. The van der Waals surface area contributed by atoms with Gasteiger partial charge in [-0.2, -0.15) is 0 Å². The van der Waals surface area contributed by atoms with Crippen LogP contribution in [0.3, 0.4) is 0 Å². The zero-order chi connectivity index (χ0) is 16.4. The predicted octanol–water partition coefficient (Wildman–Crippen LogP) is 4.01. The van der Waals surface area contributed by atoms with Crippen molar-refractivity contribution >= 4 is 28.9 Å². The van der Waals surface area contributed by atoms with E-state index < -0.39 is 12.2 Å². The number of benzodiazepines with no additional fused rings is 1.